The molecule has 0 aliphatic rings. The molecule has 0 aromatic heterocycles. The Kier molecular flexibility index (Phi) is 10.1. The Labute approximate surface area is 190 Å². The summed E-state index contributed by atoms with van der Waals surface area (Å²) >= 11 is 0. The van der Waals surface area contributed by atoms with Crippen LogP contribution in [0.1, 0.15) is 29.7 Å². The number of methoxy groups -OCH3 is 1. The first kappa shape index (κ1) is 24.5. The van der Waals surface area contributed by atoms with E-state index < -0.39 is 6.10 Å². The molecule has 5 heteroatoms. The summed E-state index contributed by atoms with van der Waals surface area (Å²) in [7, 11) is 1.62. The molecule has 0 heterocycles. The molecule has 0 aliphatic heterocycles. The fraction of sp³-hybridized carbons (Fsp3) is 0.231. The molecule has 1 unspecified atom stereocenters. The van der Waals surface area contributed by atoms with Crippen molar-refractivity contribution in [2.45, 2.75) is 19.1 Å². The number of hydrogen-bond donors (Lipinski definition) is 2. The summed E-state index contributed by atoms with van der Waals surface area (Å²) in [6.07, 6.45) is 3.30. The van der Waals surface area contributed by atoms with Gasteiger partial charge in [0.15, 0.2) is 11.5 Å². The van der Waals surface area contributed by atoms with Gasteiger partial charge in [0.2, 0.25) is 0 Å². The highest BCUT2D eigenvalue weighted by molar-refractivity contribution is 5.85. The van der Waals surface area contributed by atoms with E-state index in [1.165, 1.54) is 0 Å². The van der Waals surface area contributed by atoms with E-state index in [4.69, 9.17) is 9.47 Å². The fourth-order valence-electron chi connectivity index (χ4n) is 3.32. The standard InChI is InChI=1S/C26H29NO3.ClH/c1-3-10-20-15-16-24(25(17-20)29-2)30-19-23(28)18-27-26(21-11-6-4-7-12-21)22-13-8-5-9-14-22;/h3-17,23,26-28H,18-19H2,1-2H3;1H/b10-3+;. The third-order valence-corrected chi connectivity index (χ3v) is 4.80. The average molecular weight is 440 g/mol. The zero-order valence-electron chi connectivity index (χ0n) is 17.9. The molecule has 31 heavy (non-hydrogen) atoms. The molecule has 0 amide bonds. The van der Waals surface area contributed by atoms with Crippen LogP contribution in [0.2, 0.25) is 0 Å². The predicted octanol–water partition coefficient (Wildman–Crippen LogP) is 5.27. The number of ether oxygens (including phenoxy) is 2. The largest absolute Gasteiger partial charge is 0.493 e. The second-order valence-electron chi connectivity index (χ2n) is 7.04. The quantitative estimate of drug-likeness (QED) is 0.452. The lowest BCUT2D eigenvalue weighted by atomic mass is 9.98. The van der Waals surface area contributed by atoms with Crippen LogP contribution in [-0.4, -0.2) is 31.5 Å². The molecule has 164 valence electrons. The van der Waals surface area contributed by atoms with Gasteiger partial charge in [0.1, 0.15) is 12.7 Å². The maximum Gasteiger partial charge on any atom is 0.161 e. The minimum absolute atomic E-state index is 0. The summed E-state index contributed by atoms with van der Waals surface area (Å²) in [5, 5.41) is 14.0. The molecule has 1 atom stereocenters. The Morgan fingerprint density at radius 2 is 1.52 bits per heavy atom. The fourth-order valence-corrected chi connectivity index (χ4v) is 3.32. The number of rotatable bonds is 10. The number of nitrogens with one attached hydrogen (secondary N) is 1. The lowest BCUT2D eigenvalue weighted by Crippen LogP contribution is -2.34. The van der Waals surface area contributed by atoms with Gasteiger partial charge < -0.3 is 19.9 Å². The molecular formula is C26H30ClNO3. The van der Waals surface area contributed by atoms with Gasteiger partial charge >= 0.3 is 0 Å². The van der Waals surface area contributed by atoms with Gasteiger partial charge in [-0.15, -0.1) is 12.4 Å². The Balaban J connectivity index is 0.00000341. The van der Waals surface area contributed by atoms with E-state index in [0.717, 1.165) is 16.7 Å². The van der Waals surface area contributed by atoms with Crippen LogP contribution in [0, 0.1) is 0 Å². The zero-order valence-corrected chi connectivity index (χ0v) is 18.7. The lowest BCUT2D eigenvalue weighted by Gasteiger charge is -2.22. The van der Waals surface area contributed by atoms with Gasteiger partial charge in [0.25, 0.3) is 0 Å². The van der Waals surface area contributed by atoms with Crippen molar-refractivity contribution in [1.82, 2.24) is 5.32 Å². The number of halogens is 1. The molecule has 0 bridgehead atoms. The van der Waals surface area contributed by atoms with Crippen molar-refractivity contribution in [2.75, 3.05) is 20.3 Å². The second kappa shape index (κ2) is 12.8. The molecule has 0 aliphatic carbocycles. The van der Waals surface area contributed by atoms with Crippen molar-refractivity contribution in [3.05, 3.63) is 102 Å². The van der Waals surface area contributed by atoms with Crippen molar-refractivity contribution in [2.24, 2.45) is 0 Å². The van der Waals surface area contributed by atoms with E-state index in [1.54, 1.807) is 7.11 Å². The van der Waals surface area contributed by atoms with E-state index in [2.05, 4.69) is 29.6 Å². The number of aliphatic hydroxyl groups excluding tert-OH is 1. The zero-order chi connectivity index (χ0) is 21.2. The number of aliphatic hydroxyl groups is 1. The summed E-state index contributed by atoms with van der Waals surface area (Å²) in [4.78, 5) is 0. The van der Waals surface area contributed by atoms with Crippen LogP contribution in [-0.2, 0) is 0 Å². The summed E-state index contributed by atoms with van der Waals surface area (Å²) in [6.45, 7) is 2.54. The molecular weight excluding hydrogens is 410 g/mol. The van der Waals surface area contributed by atoms with E-state index in [0.29, 0.717) is 18.0 Å². The van der Waals surface area contributed by atoms with Crippen molar-refractivity contribution < 1.29 is 14.6 Å². The first-order valence-electron chi connectivity index (χ1n) is 10.2. The SMILES string of the molecule is C/C=C/c1ccc(OCC(O)CNC(c2ccccc2)c2ccccc2)c(OC)c1.Cl. The Bertz CT molecular complexity index is 892. The molecule has 3 rings (SSSR count). The summed E-state index contributed by atoms with van der Waals surface area (Å²) in [5.41, 5.74) is 3.34. The monoisotopic (exact) mass is 439 g/mol. The van der Waals surface area contributed by atoms with Crippen LogP contribution in [0.5, 0.6) is 11.5 Å². The van der Waals surface area contributed by atoms with E-state index >= 15 is 0 Å². The summed E-state index contributed by atoms with van der Waals surface area (Å²) < 4.78 is 11.2. The van der Waals surface area contributed by atoms with Gasteiger partial charge in [-0.05, 0) is 35.7 Å². The Hall–Kier alpha value is -2.79. The number of allylic oxidation sites excluding steroid dienone is 1. The third kappa shape index (κ3) is 7.14. The molecule has 3 aromatic carbocycles. The van der Waals surface area contributed by atoms with Crippen molar-refractivity contribution in [3.8, 4) is 11.5 Å². The number of hydrogen-bond acceptors (Lipinski definition) is 4. The van der Waals surface area contributed by atoms with E-state index in [1.807, 2.05) is 73.7 Å². The van der Waals surface area contributed by atoms with Gasteiger partial charge in [-0.3, -0.25) is 0 Å². The molecule has 2 N–H and O–H groups in total. The Morgan fingerprint density at radius 3 is 2.06 bits per heavy atom. The maximum absolute atomic E-state index is 10.5. The molecule has 0 radical (unpaired) electrons. The third-order valence-electron chi connectivity index (χ3n) is 4.80. The first-order chi connectivity index (χ1) is 14.7. The summed E-state index contributed by atoms with van der Waals surface area (Å²) in [5.74, 6) is 1.27. The van der Waals surface area contributed by atoms with E-state index in [-0.39, 0.29) is 25.1 Å². The molecule has 0 saturated carbocycles. The van der Waals surface area contributed by atoms with Crippen LogP contribution in [0.25, 0.3) is 6.08 Å². The predicted molar refractivity (Wildman–Crippen MR) is 129 cm³/mol. The summed E-state index contributed by atoms with van der Waals surface area (Å²) in [6, 6.07) is 26.2. The van der Waals surface area contributed by atoms with Crippen molar-refractivity contribution in [3.63, 3.8) is 0 Å². The topological polar surface area (TPSA) is 50.7 Å². The Morgan fingerprint density at radius 1 is 0.903 bits per heavy atom. The molecule has 0 fully saturated rings. The van der Waals surface area contributed by atoms with Gasteiger partial charge in [-0.2, -0.15) is 0 Å². The van der Waals surface area contributed by atoms with Crippen LogP contribution in [0.3, 0.4) is 0 Å². The highest BCUT2D eigenvalue weighted by Crippen LogP contribution is 2.29. The minimum Gasteiger partial charge on any atom is -0.493 e. The van der Waals surface area contributed by atoms with Crippen LogP contribution >= 0.6 is 12.4 Å². The molecule has 3 aromatic rings. The highest BCUT2D eigenvalue weighted by Gasteiger charge is 2.16. The van der Waals surface area contributed by atoms with Crippen LogP contribution < -0.4 is 14.8 Å². The van der Waals surface area contributed by atoms with Gasteiger partial charge in [0, 0.05) is 6.54 Å². The lowest BCUT2D eigenvalue weighted by molar-refractivity contribution is 0.103. The average Bonchev–Trinajstić information content (AvgIpc) is 2.80. The minimum atomic E-state index is -0.667. The second-order valence-corrected chi connectivity index (χ2v) is 7.04. The maximum atomic E-state index is 10.5. The molecule has 4 nitrogen and oxygen atoms in total. The molecule has 0 spiro atoms. The van der Waals surface area contributed by atoms with Crippen molar-refractivity contribution in [1.29, 1.82) is 0 Å². The van der Waals surface area contributed by atoms with Crippen molar-refractivity contribution >= 4 is 18.5 Å². The van der Waals surface area contributed by atoms with Gasteiger partial charge in [-0.25, -0.2) is 0 Å². The van der Waals surface area contributed by atoms with Gasteiger partial charge in [0.05, 0.1) is 13.2 Å². The normalized spacial score (nSPS) is 11.9. The van der Waals surface area contributed by atoms with Gasteiger partial charge in [-0.1, -0.05) is 78.9 Å². The molecule has 0 saturated heterocycles. The van der Waals surface area contributed by atoms with E-state index in [9.17, 15) is 5.11 Å². The van der Waals surface area contributed by atoms with Crippen LogP contribution in [0.15, 0.2) is 84.9 Å². The number of benzene rings is 3. The smallest absolute Gasteiger partial charge is 0.161 e. The first-order valence-corrected chi connectivity index (χ1v) is 10.2. The highest BCUT2D eigenvalue weighted by atomic mass is 35.5. The van der Waals surface area contributed by atoms with Crippen LogP contribution in [0.4, 0.5) is 0 Å².